The van der Waals surface area contributed by atoms with E-state index in [1.54, 1.807) is 0 Å². The predicted octanol–water partition coefficient (Wildman–Crippen LogP) is 0.520. The van der Waals surface area contributed by atoms with Gasteiger partial charge in [-0.25, -0.2) is 4.39 Å². The largest absolute Gasteiger partial charge is 0.505 e. The van der Waals surface area contributed by atoms with E-state index >= 15 is 0 Å². The number of hydrogen-bond donors (Lipinski definition) is 2. The molecule has 2 rings (SSSR count). The maximum absolute atomic E-state index is 13.4. The van der Waals surface area contributed by atoms with Crippen molar-refractivity contribution in [2.45, 2.75) is 0 Å². The molecule has 0 saturated heterocycles. The van der Waals surface area contributed by atoms with Gasteiger partial charge in [-0.05, 0) is 12.1 Å². The molecule has 1 aromatic heterocycles. The van der Waals surface area contributed by atoms with Crippen LogP contribution in [-0.2, 0) is 0 Å². The van der Waals surface area contributed by atoms with Crippen LogP contribution in [0.5, 0.6) is 5.75 Å². The highest BCUT2D eigenvalue weighted by Gasteiger charge is 2.04. The molecule has 0 fully saturated rings. The van der Waals surface area contributed by atoms with Crippen LogP contribution in [0.25, 0.3) is 12.7 Å². The summed E-state index contributed by atoms with van der Waals surface area (Å²) in [5, 5.41) is 9.16. The van der Waals surface area contributed by atoms with Crippen LogP contribution in [0.3, 0.4) is 0 Å². The average Bonchev–Trinajstić information content (AvgIpc) is 2.53. The molecule has 0 atom stereocenters. The molecule has 0 amide bonds. The second-order valence-electron chi connectivity index (χ2n) is 3.17. The molecule has 0 unspecified atom stereocenters. The Balaban J connectivity index is 2.68. The molecular formula is C11H8FNO2S. The van der Waals surface area contributed by atoms with Gasteiger partial charge in [0, 0.05) is 5.56 Å². The molecule has 0 radical (unpaired) electrons. The van der Waals surface area contributed by atoms with Crippen LogP contribution in [-0.4, -0.2) is 10.1 Å². The minimum atomic E-state index is -0.735. The molecule has 82 valence electrons. The fraction of sp³-hybridized carbons (Fsp3) is 0. The smallest absolute Gasteiger partial charge is 0.266 e. The van der Waals surface area contributed by atoms with E-state index in [1.807, 2.05) is 0 Å². The Bertz CT molecular complexity index is 687. The number of aromatic amines is 1. The van der Waals surface area contributed by atoms with Gasteiger partial charge in [0.2, 0.25) is 0 Å². The molecule has 0 aliphatic carbocycles. The molecule has 3 nitrogen and oxygen atoms in total. The molecular weight excluding hydrogens is 229 g/mol. The van der Waals surface area contributed by atoms with Crippen LogP contribution in [0.2, 0.25) is 0 Å². The molecule has 5 heteroatoms. The lowest BCUT2D eigenvalue weighted by Crippen LogP contribution is -2.19. The zero-order chi connectivity index (χ0) is 11.7. The van der Waals surface area contributed by atoms with Gasteiger partial charge in [0.05, 0.1) is 9.20 Å². The second-order valence-corrected chi connectivity index (χ2v) is 4.31. The highest BCUT2D eigenvalue weighted by atomic mass is 32.1. The summed E-state index contributed by atoms with van der Waals surface area (Å²) in [5.41, 5.74) is -0.134. The van der Waals surface area contributed by atoms with Gasteiger partial charge >= 0.3 is 0 Å². The number of aromatic hydroxyl groups is 1. The maximum atomic E-state index is 13.4. The van der Waals surface area contributed by atoms with Gasteiger partial charge in [0.1, 0.15) is 0 Å². The first-order chi connectivity index (χ1) is 7.58. The summed E-state index contributed by atoms with van der Waals surface area (Å²) in [7, 11) is 0. The topological polar surface area (TPSA) is 53.1 Å². The molecule has 2 aromatic rings. The van der Waals surface area contributed by atoms with Crippen molar-refractivity contribution in [3.05, 3.63) is 49.1 Å². The first-order valence-electron chi connectivity index (χ1n) is 4.45. The third-order valence-corrected chi connectivity index (χ3v) is 2.88. The first kappa shape index (κ1) is 10.6. The molecule has 0 saturated carbocycles. The van der Waals surface area contributed by atoms with E-state index < -0.39 is 11.6 Å². The number of hydrogen-bond acceptors (Lipinski definition) is 3. The monoisotopic (exact) mass is 237 g/mol. The Morgan fingerprint density at radius 1 is 1.50 bits per heavy atom. The van der Waals surface area contributed by atoms with E-state index in [-0.39, 0.29) is 11.1 Å². The minimum Gasteiger partial charge on any atom is -0.505 e. The van der Waals surface area contributed by atoms with Crippen LogP contribution in [0.4, 0.5) is 4.39 Å². The highest BCUT2D eigenvalue weighted by Crippen LogP contribution is 2.18. The number of halogens is 1. The number of aromatic nitrogens is 1. The summed E-state index contributed by atoms with van der Waals surface area (Å²) >= 11 is 1.14. The van der Waals surface area contributed by atoms with Crippen LogP contribution in [0.15, 0.2) is 23.0 Å². The molecule has 2 N–H and O–H groups in total. The normalized spacial score (nSPS) is 11.9. The standard InChI is InChI=1S/C11H8FNO2S/c1-6-13-11(15)9(16-6)5-7-3-2-4-8(14)10(7)12/h2-5,14H,1H2,(H,13,15)/b9-5-. The highest BCUT2D eigenvalue weighted by molar-refractivity contribution is 7.07. The minimum absolute atomic E-state index is 0.173. The number of nitrogens with one attached hydrogen (secondary N) is 1. The summed E-state index contributed by atoms with van der Waals surface area (Å²) in [5.74, 6) is -1.17. The third kappa shape index (κ3) is 1.90. The quantitative estimate of drug-likeness (QED) is 0.759. The van der Waals surface area contributed by atoms with E-state index in [0.717, 1.165) is 11.3 Å². The van der Waals surface area contributed by atoms with Crippen molar-refractivity contribution >= 4 is 24.0 Å². The van der Waals surface area contributed by atoms with Gasteiger partial charge in [0.25, 0.3) is 5.56 Å². The van der Waals surface area contributed by atoms with Crippen molar-refractivity contribution in [3.8, 4) is 5.75 Å². The van der Waals surface area contributed by atoms with Crippen molar-refractivity contribution in [1.82, 2.24) is 4.98 Å². The predicted molar refractivity (Wildman–Crippen MR) is 61.3 cm³/mol. The fourth-order valence-electron chi connectivity index (χ4n) is 1.28. The lowest BCUT2D eigenvalue weighted by Gasteiger charge is -1.97. The molecule has 16 heavy (non-hydrogen) atoms. The third-order valence-electron chi connectivity index (χ3n) is 2.00. The van der Waals surface area contributed by atoms with Gasteiger partial charge in [-0.15, -0.1) is 11.3 Å². The number of rotatable bonds is 1. The van der Waals surface area contributed by atoms with Crippen LogP contribution in [0.1, 0.15) is 5.56 Å². The molecule has 1 heterocycles. The fourth-order valence-corrected chi connectivity index (χ4v) is 2.02. The van der Waals surface area contributed by atoms with Gasteiger partial charge < -0.3 is 10.1 Å². The number of H-pyrrole nitrogens is 1. The molecule has 0 bridgehead atoms. The molecule has 0 aliphatic rings. The molecule has 1 aromatic carbocycles. The lowest BCUT2D eigenvalue weighted by molar-refractivity contribution is 0.432. The van der Waals surface area contributed by atoms with Gasteiger partial charge in [-0.2, -0.15) is 0 Å². The first-order valence-corrected chi connectivity index (χ1v) is 5.27. The Morgan fingerprint density at radius 2 is 2.25 bits per heavy atom. The van der Waals surface area contributed by atoms with Crippen molar-refractivity contribution in [3.63, 3.8) is 0 Å². The van der Waals surface area contributed by atoms with Crippen molar-refractivity contribution < 1.29 is 9.50 Å². The molecule has 0 aliphatic heterocycles. The number of thiazole rings is 1. The van der Waals surface area contributed by atoms with Crippen molar-refractivity contribution in [2.75, 3.05) is 0 Å². The summed E-state index contributed by atoms with van der Waals surface area (Å²) in [4.78, 5) is 13.8. The summed E-state index contributed by atoms with van der Waals surface area (Å²) < 4.78 is 14.3. The van der Waals surface area contributed by atoms with E-state index in [2.05, 4.69) is 11.6 Å². The Hall–Kier alpha value is -1.88. The second kappa shape index (κ2) is 3.94. The van der Waals surface area contributed by atoms with Crippen LogP contribution < -0.4 is 14.8 Å². The Morgan fingerprint density at radius 3 is 2.88 bits per heavy atom. The number of phenols is 1. The van der Waals surface area contributed by atoms with E-state index in [9.17, 15) is 9.18 Å². The van der Waals surface area contributed by atoms with E-state index in [1.165, 1.54) is 24.3 Å². The zero-order valence-corrected chi connectivity index (χ0v) is 8.97. The SMILES string of the molecule is C=c1[nH]c(=O)/c(=C/c2cccc(O)c2F)s1. The van der Waals surface area contributed by atoms with Gasteiger partial charge in [0.15, 0.2) is 11.6 Å². The lowest BCUT2D eigenvalue weighted by atomic mass is 10.2. The van der Waals surface area contributed by atoms with Gasteiger partial charge in [-0.1, -0.05) is 18.7 Å². The Kier molecular flexibility index (Phi) is 2.62. The number of benzene rings is 1. The van der Waals surface area contributed by atoms with Gasteiger partial charge in [-0.3, -0.25) is 4.79 Å². The number of phenolic OH excluding ortho intramolecular Hbond substituents is 1. The van der Waals surface area contributed by atoms with Crippen LogP contribution in [0, 0.1) is 5.82 Å². The van der Waals surface area contributed by atoms with Crippen molar-refractivity contribution in [1.29, 1.82) is 0 Å². The summed E-state index contributed by atoms with van der Waals surface area (Å²) in [6, 6.07) is 4.24. The van der Waals surface area contributed by atoms with Crippen LogP contribution >= 0.6 is 11.3 Å². The van der Waals surface area contributed by atoms with Crippen molar-refractivity contribution in [2.24, 2.45) is 0 Å². The Labute approximate surface area is 93.8 Å². The van der Waals surface area contributed by atoms with E-state index in [0.29, 0.717) is 9.20 Å². The summed E-state index contributed by atoms with van der Waals surface area (Å²) in [6.45, 7) is 3.58. The zero-order valence-electron chi connectivity index (χ0n) is 8.16. The van der Waals surface area contributed by atoms with E-state index in [4.69, 9.17) is 5.11 Å². The average molecular weight is 237 g/mol. The molecule has 0 spiro atoms. The maximum Gasteiger partial charge on any atom is 0.266 e. The summed E-state index contributed by atoms with van der Waals surface area (Å²) in [6.07, 6.45) is 1.38.